The third-order valence-electron chi connectivity index (χ3n) is 5.96. The summed E-state index contributed by atoms with van der Waals surface area (Å²) in [6.45, 7) is 3.66. The van der Waals surface area contributed by atoms with Crippen LogP contribution >= 0.6 is 0 Å². The van der Waals surface area contributed by atoms with E-state index in [2.05, 4.69) is 30.9 Å². The number of hydrogen-bond donors (Lipinski definition) is 9. The summed E-state index contributed by atoms with van der Waals surface area (Å²) in [6, 6.07) is -4.80. The predicted octanol–water partition coefficient (Wildman–Crippen LogP) is -2.22. The zero-order valence-electron chi connectivity index (χ0n) is 22.1. The molecule has 0 radical (unpaired) electrons. The molecule has 0 spiro atoms. The maximum Gasteiger partial charge on any atom is 0.326 e. The molecule has 5 atom stereocenters. The van der Waals surface area contributed by atoms with E-state index in [0.29, 0.717) is 12.1 Å². The highest BCUT2D eigenvalue weighted by molar-refractivity contribution is 5.94. The molecule has 0 aliphatic heterocycles. The summed E-state index contributed by atoms with van der Waals surface area (Å²) in [4.78, 5) is 72.2. The number of H-pyrrole nitrogens is 1. The number of carbonyl (C=O) groups is 5. The molecule has 1 aromatic rings. The topological polar surface area (TPSA) is 281 Å². The van der Waals surface area contributed by atoms with E-state index in [4.69, 9.17) is 22.3 Å². The highest BCUT2D eigenvalue weighted by atomic mass is 16.4. The van der Waals surface area contributed by atoms with Gasteiger partial charge in [-0.3, -0.25) is 24.2 Å². The number of hydrogen-bond acceptors (Lipinski definition) is 8. The lowest BCUT2D eigenvalue weighted by Gasteiger charge is -2.28. The van der Waals surface area contributed by atoms with Crippen LogP contribution in [0.25, 0.3) is 0 Å². The summed E-state index contributed by atoms with van der Waals surface area (Å²) in [5, 5.41) is 26.0. The molecule has 218 valence electrons. The van der Waals surface area contributed by atoms with Crippen LogP contribution in [0.5, 0.6) is 0 Å². The lowest BCUT2D eigenvalue weighted by atomic mass is 9.96. The number of aliphatic imine (C=N–C) groups is 1. The molecule has 12 N–H and O–H groups in total. The lowest BCUT2D eigenvalue weighted by Crippen LogP contribution is -2.58. The number of imidazole rings is 1. The van der Waals surface area contributed by atoms with Gasteiger partial charge < -0.3 is 48.3 Å². The third kappa shape index (κ3) is 12.3. The van der Waals surface area contributed by atoms with Crippen molar-refractivity contribution in [2.45, 2.75) is 76.5 Å². The van der Waals surface area contributed by atoms with Gasteiger partial charge in [0.15, 0.2) is 5.96 Å². The maximum absolute atomic E-state index is 13.2. The highest BCUT2D eigenvalue weighted by Crippen LogP contribution is 2.11. The van der Waals surface area contributed by atoms with E-state index in [-0.39, 0.29) is 44.1 Å². The monoisotopic (exact) mass is 553 g/mol. The maximum atomic E-state index is 13.2. The molecule has 0 aromatic carbocycles. The Balaban J connectivity index is 2.97. The minimum Gasteiger partial charge on any atom is -0.481 e. The molecule has 0 fully saturated rings. The minimum atomic E-state index is -1.38. The molecule has 1 rings (SSSR count). The Kier molecular flexibility index (Phi) is 14.0. The van der Waals surface area contributed by atoms with Crippen molar-refractivity contribution < 1.29 is 34.2 Å². The largest absolute Gasteiger partial charge is 0.481 e. The molecule has 16 heteroatoms. The van der Waals surface area contributed by atoms with Crippen LogP contribution in [0.4, 0.5) is 0 Å². The van der Waals surface area contributed by atoms with Crippen LogP contribution in [-0.4, -0.2) is 86.5 Å². The smallest absolute Gasteiger partial charge is 0.326 e. The minimum absolute atomic E-state index is 0.0166. The number of carboxylic acids is 2. The van der Waals surface area contributed by atoms with Crippen molar-refractivity contribution in [2.75, 3.05) is 6.54 Å². The summed E-state index contributed by atoms with van der Waals surface area (Å²) >= 11 is 0. The fraction of sp³-hybridized carbons (Fsp3) is 0.609. The van der Waals surface area contributed by atoms with Gasteiger partial charge in [0.25, 0.3) is 0 Å². The van der Waals surface area contributed by atoms with Crippen LogP contribution in [0, 0.1) is 5.92 Å². The van der Waals surface area contributed by atoms with Gasteiger partial charge in [0.2, 0.25) is 17.7 Å². The van der Waals surface area contributed by atoms with Crippen LogP contribution in [0.2, 0.25) is 0 Å². The van der Waals surface area contributed by atoms with E-state index in [9.17, 15) is 29.1 Å². The van der Waals surface area contributed by atoms with Crippen LogP contribution < -0.4 is 33.2 Å². The zero-order valence-corrected chi connectivity index (χ0v) is 22.1. The summed E-state index contributed by atoms with van der Waals surface area (Å²) in [5.41, 5.74) is 17.1. The first-order chi connectivity index (χ1) is 18.3. The number of aliphatic carboxylic acids is 2. The number of nitrogens with one attached hydrogen (secondary N) is 4. The molecule has 16 nitrogen and oxygen atoms in total. The average molecular weight is 554 g/mol. The number of aromatic amines is 1. The average Bonchev–Trinajstić information content (AvgIpc) is 3.38. The van der Waals surface area contributed by atoms with E-state index < -0.39 is 60.2 Å². The standard InChI is InChI=1S/C23H39N9O7/c1-3-12(2)18(32-19(35)14(24)9-13-10-27-11-29-13)21(37)30-15(6-7-17(33)34)20(36)31-16(22(38)39)5-4-8-28-23(25)26/h10-12,14-16,18H,3-9,24H2,1-2H3,(H,27,29)(H,30,37)(H,31,36)(H,32,35)(H,33,34)(H,38,39)(H4,25,26,28). The van der Waals surface area contributed by atoms with E-state index >= 15 is 0 Å². The quantitative estimate of drug-likeness (QED) is 0.0533. The van der Waals surface area contributed by atoms with E-state index in [1.165, 1.54) is 12.5 Å². The molecule has 1 heterocycles. The molecular weight excluding hydrogens is 514 g/mol. The first-order valence-corrected chi connectivity index (χ1v) is 12.5. The number of rotatable bonds is 18. The van der Waals surface area contributed by atoms with Gasteiger partial charge in [-0.1, -0.05) is 20.3 Å². The molecule has 0 aliphatic carbocycles. The molecule has 5 unspecified atom stereocenters. The van der Waals surface area contributed by atoms with Crippen molar-refractivity contribution in [3.63, 3.8) is 0 Å². The van der Waals surface area contributed by atoms with Crippen LogP contribution in [-0.2, 0) is 30.4 Å². The molecule has 1 aromatic heterocycles. The first kappa shape index (κ1) is 32.8. The molecule has 0 saturated carbocycles. The molecule has 3 amide bonds. The van der Waals surface area contributed by atoms with Crippen molar-refractivity contribution in [3.8, 4) is 0 Å². The van der Waals surface area contributed by atoms with Gasteiger partial charge in [-0.05, 0) is 25.2 Å². The number of nitrogens with zero attached hydrogens (tertiary/aromatic N) is 2. The summed E-state index contributed by atoms with van der Waals surface area (Å²) in [6.07, 6.45) is 3.02. The van der Waals surface area contributed by atoms with E-state index in [1.54, 1.807) is 13.8 Å². The van der Waals surface area contributed by atoms with Crippen molar-refractivity contribution in [3.05, 3.63) is 18.2 Å². The van der Waals surface area contributed by atoms with Crippen LogP contribution in [0.15, 0.2) is 17.5 Å². The third-order valence-corrected chi connectivity index (χ3v) is 5.96. The van der Waals surface area contributed by atoms with Crippen LogP contribution in [0.3, 0.4) is 0 Å². The molecule has 39 heavy (non-hydrogen) atoms. The summed E-state index contributed by atoms with van der Waals surface area (Å²) in [5.74, 6) is -5.31. The molecule has 0 bridgehead atoms. The Morgan fingerprint density at radius 1 is 1.03 bits per heavy atom. The number of aromatic nitrogens is 2. The number of amides is 3. The Morgan fingerprint density at radius 3 is 2.23 bits per heavy atom. The lowest BCUT2D eigenvalue weighted by molar-refractivity contribution is -0.143. The molecular formula is C23H39N9O7. The van der Waals surface area contributed by atoms with Gasteiger partial charge in [-0.15, -0.1) is 0 Å². The normalized spacial score (nSPS) is 14.6. The molecule has 0 aliphatic rings. The second-order valence-corrected chi connectivity index (χ2v) is 9.10. The van der Waals surface area contributed by atoms with Crippen molar-refractivity contribution in [2.24, 2.45) is 28.1 Å². The predicted molar refractivity (Wildman–Crippen MR) is 140 cm³/mol. The zero-order chi connectivity index (χ0) is 29.5. The highest BCUT2D eigenvalue weighted by Gasteiger charge is 2.32. The van der Waals surface area contributed by atoms with Crippen molar-refractivity contribution >= 4 is 35.6 Å². The number of carbonyl (C=O) groups excluding carboxylic acids is 3. The fourth-order valence-electron chi connectivity index (χ4n) is 3.52. The Labute approximate surface area is 225 Å². The van der Waals surface area contributed by atoms with Gasteiger partial charge in [0.05, 0.1) is 12.4 Å². The van der Waals surface area contributed by atoms with Gasteiger partial charge in [0, 0.05) is 31.3 Å². The van der Waals surface area contributed by atoms with Crippen molar-refractivity contribution in [1.29, 1.82) is 0 Å². The Hall–Kier alpha value is -4.21. The van der Waals surface area contributed by atoms with Gasteiger partial charge in [-0.25, -0.2) is 9.78 Å². The second kappa shape index (κ2) is 16.6. The molecule has 0 saturated heterocycles. The SMILES string of the molecule is CCC(C)C(NC(=O)C(N)Cc1cnc[nH]1)C(=O)NC(CCC(=O)O)C(=O)NC(CCCN=C(N)N)C(=O)O. The first-order valence-electron chi connectivity index (χ1n) is 12.5. The van der Waals surface area contributed by atoms with Gasteiger partial charge >= 0.3 is 11.9 Å². The van der Waals surface area contributed by atoms with E-state index in [1.807, 2.05) is 0 Å². The van der Waals surface area contributed by atoms with Gasteiger partial charge in [0.1, 0.15) is 18.1 Å². The van der Waals surface area contributed by atoms with Crippen LogP contribution in [0.1, 0.15) is 51.6 Å². The second-order valence-electron chi connectivity index (χ2n) is 9.10. The fourth-order valence-corrected chi connectivity index (χ4v) is 3.52. The summed E-state index contributed by atoms with van der Waals surface area (Å²) < 4.78 is 0. The Morgan fingerprint density at radius 2 is 1.69 bits per heavy atom. The summed E-state index contributed by atoms with van der Waals surface area (Å²) in [7, 11) is 0. The number of carboxylic acid groups (broad SMARTS) is 2. The van der Waals surface area contributed by atoms with E-state index in [0.717, 1.165) is 0 Å². The van der Waals surface area contributed by atoms with Crippen molar-refractivity contribution in [1.82, 2.24) is 25.9 Å². The van der Waals surface area contributed by atoms with Gasteiger partial charge in [-0.2, -0.15) is 0 Å². The number of guanidine groups is 1. The number of nitrogens with two attached hydrogens (primary N) is 3. The Bertz CT molecular complexity index is 996.